The zero-order valence-electron chi connectivity index (χ0n) is 10.4. The topological polar surface area (TPSA) is 53.2 Å². The highest BCUT2D eigenvalue weighted by atomic mass is 19.4. The molecule has 0 aromatic heterocycles. The number of alkyl halides is 3. The van der Waals surface area contributed by atoms with Crippen LogP contribution in [0.4, 0.5) is 23.2 Å². The minimum atomic E-state index is -4.80. The Hall–Kier alpha value is -1.67. The Morgan fingerprint density at radius 2 is 2.05 bits per heavy atom. The monoisotopic (exact) mass is 291 g/mol. The molecule has 1 heterocycles. The molecular formula is C12H13F4N3O. The number of carbonyl (C=O) groups is 1. The molecule has 1 fully saturated rings. The summed E-state index contributed by atoms with van der Waals surface area (Å²) in [6, 6.07) is 1.84. The van der Waals surface area contributed by atoms with Crippen molar-refractivity contribution in [2.24, 2.45) is 0 Å². The lowest BCUT2D eigenvalue weighted by atomic mass is 10.1. The van der Waals surface area contributed by atoms with Crippen molar-refractivity contribution in [2.75, 3.05) is 25.0 Å². The van der Waals surface area contributed by atoms with Crippen molar-refractivity contribution in [3.8, 4) is 0 Å². The molecule has 1 amide bonds. The van der Waals surface area contributed by atoms with Crippen molar-refractivity contribution in [1.82, 2.24) is 10.6 Å². The van der Waals surface area contributed by atoms with Gasteiger partial charge in [-0.3, -0.25) is 4.79 Å². The summed E-state index contributed by atoms with van der Waals surface area (Å²) >= 11 is 0. The number of hydrogen-bond acceptors (Lipinski definition) is 3. The SMILES string of the molecule is O=C(Nc1ccc(F)c(C(F)(F)F)c1)C1CNCCN1. The van der Waals surface area contributed by atoms with Crippen LogP contribution in [0.15, 0.2) is 18.2 Å². The molecule has 1 aliphatic heterocycles. The Balaban J connectivity index is 2.11. The quantitative estimate of drug-likeness (QED) is 0.721. The largest absolute Gasteiger partial charge is 0.419 e. The highest BCUT2D eigenvalue weighted by Crippen LogP contribution is 2.32. The van der Waals surface area contributed by atoms with E-state index in [2.05, 4.69) is 16.0 Å². The molecule has 0 spiro atoms. The molecule has 1 atom stereocenters. The van der Waals surface area contributed by atoms with Gasteiger partial charge >= 0.3 is 6.18 Å². The fraction of sp³-hybridized carbons (Fsp3) is 0.417. The molecule has 1 aliphatic rings. The molecule has 110 valence electrons. The summed E-state index contributed by atoms with van der Waals surface area (Å²) in [6.07, 6.45) is -4.80. The number of anilines is 1. The first-order valence-electron chi connectivity index (χ1n) is 5.99. The fourth-order valence-electron chi connectivity index (χ4n) is 1.89. The maximum Gasteiger partial charge on any atom is 0.419 e. The maximum absolute atomic E-state index is 13.1. The van der Waals surface area contributed by atoms with Gasteiger partial charge in [-0.15, -0.1) is 0 Å². The van der Waals surface area contributed by atoms with Gasteiger partial charge in [-0.05, 0) is 18.2 Å². The lowest BCUT2D eigenvalue weighted by molar-refractivity contribution is -0.140. The summed E-state index contributed by atoms with van der Waals surface area (Å²) in [4.78, 5) is 11.8. The Morgan fingerprint density at radius 3 is 2.65 bits per heavy atom. The predicted octanol–water partition coefficient (Wildman–Crippen LogP) is 1.34. The molecule has 0 aliphatic carbocycles. The molecule has 0 saturated carbocycles. The van der Waals surface area contributed by atoms with E-state index in [0.29, 0.717) is 25.2 Å². The molecule has 1 aromatic rings. The van der Waals surface area contributed by atoms with Crippen molar-refractivity contribution in [3.05, 3.63) is 29.6 Å². The third-order valence-corrected chi connectivity index (χ3v) is 2.90. The van der Waals surface area contributed by atoms with Gasteiger partial charge in [0, 0.05) is 25.3 Å². The van der Waals surface area contributed by atoms with Gasteiger partial charge < -0.3 is 16.0 Å². The number of benzene rings is 1. The Bertz CT molecular complexity index is 498. The minimum Gasteiger partial charge on any atom is -0.325 e. The van der Waals surface area contributed by atoms with Gasteiger partial charge in [-0.1, -0.05) is 0 Å². The van der Waals surface area contributed by atoms with Crippen LogP contribution < -0.4 is 16.0 Å². The summed E-state index contributed by atoms with van der Waals surface area (Å²) in [5, 5.41) is 8.25. The molecule has 1 aromatic carbocycles. The van der Waals surface area contributed by atoms with Gasteiger partial charge in [-0.25, -0.2) is 4.39 Å². The number of halogens is 4. The van der Waals surface area contributed by atoms with Crippen LogP contribution in [0.3, 0.4) is 0 Å². The second-order valence-electron chi connectivity index (χ2n) is 4.39. The van der Waals surface area contributed by atoms with Gasteiger partial charge in [0.2, 0.25) is 5.91 Å². The molecule has 0 bridgehead atoms. The highest BCUT2D eigenvalue weighted by molar-refractivity contribution is 5.95. The number of amides is 1. The second kappa shape index (κ2) is 5.76. The summed E-state index contributed by atoms with van der Waals surface area (Å²) in [7, 11) is 0. The van der Waals surface area contributed by atoms with E-state index in [9.17, 15) is 22.4 Å². The van der Waals surface area contributed by atoms with Crippen LogP contribution in [-0.2, 0) is 11.0 Å². The van der Waals surface area contributed by atoms with Gasteiger partial charge in [0.05, 0.1) is 11.6 Å². The summed E-state index contributed by atoms with van der Waals surface area (Å²) in [6.45, 7) is 1.70. The van der Waals surface area contributed by atoms with Crippen LogP contribution in [0.5, 0.6) is 0 Å². The van der Waals surface area contributed by atoms with Crippen molar-refractivity contribution < 1.29 is 22.4 Å². The zero-order valence-corrected chi connectivity index (χ0v) is 10.4. The molecule has 1 saturated heterocycles. The standard InChI is InChI=1S/C12H13F4N3O/c13-9-2-1-7(5-8(9)12(14,15)16)19-11(20)10-6-17-3-4-18-10/h1-2,5,10,17-18H,3-4,6H2,(H,19,20). The first kappa shape index (κ1) is 14.7. The smallest absolute Gasteiger partial charge is 0.325 e. The average Bonchev–Trinajstić information content (AvgIpc) is 2.40. The van der Waals surface area contributed by atoms with E-state index in [1.54, 1.807) is 0 Å². The molecule has 1 unspecified atom stereocenters. The van der Waals surface area contributed by atoms with Gasteiger partial charge in [0.25, 0.3) is 0 Å². The molecule has 4 nitrogen and oxygen atoms in total. The van der Waals surface area contributed by atoms with E-state index in [4.69, 9.17) is 0 Å². The molecule has 8 heteroatoms. The maximum atomic E-state index is 13.1. The van der Waals surface area contributed by atoms with Crippen molar-refractivity contribution >= 4 is 11.6 Å². The fourth-order valence-corrected chi connectivity index (χ4v) is 1.89. The Morgan fingerprint density at radius 1 is 1.30 bits per heavy atom. The number of piperazine rings is 1. The van der Waals surface area contributed by atoms with E-state index in [1.807, 2.05) is 0 Å². The Labute approximate surface area is 112 Å². The molecule has 3 N–H and O–H groups in total. The summed E-state index contributed by atoms with van der Waals surface area (Å²) in [5.74, 6) is -1.83. The van der Waals surface area contributed by atoms with Crippen LogP contribution in [0, 0.1) is 5.82 Å². The molecule has 20 heavy (non-hydrogen) atoms. The van der Waals surface area contributed by atoms with Crippen LogP contribution in [0.2, 0.25) is 0 Å². The van der Waals surface area contributed by atoms with E-state index < -0.39 is 29.5 Å². The van der Waals surface area contributed by atoms with Crippen LogP contribution in [0.25, 0.3) is 0 Å². The second-order valence-corrected chi connectivity index (χ2v) is 4.39. The lowest BCUT2D eigenvalue weighted by Gasteiger charge is -2.23. The zero-order chi connectivity index (χ0) is 14.8. The first-order valence-corrected chi connectivity index (χ1v) is 5.99. The van der Waals surface area contributed by atoms with Crippen molar-refractivity contribution in [3.63, 3.8) is 0 Å². The number of hydrogen-bond donors (Lipinski definition) is 3. The summed E-state index contributed by atoms with van der Waals surface area (Å²) < 4.78 is 50.7. The molecule has 0 radical (unpaired) electrons. The Kier molecular flexibility index (Phi) is 4.24. The number of carbonyl (C=O) groups excluding carboxylic acids is 1. The van der Waals surface area contributed by atoms with Crippen LogP contribution in [0.1, 0.15) is 5.56 Å². The van der Waals surface area contributed by atoms with E-state index >= 15 is 0 Å². The minimum absolute atomic E-state index is 0.0869. The molecular weight excluding hydrogens is 278 g/mol. The third-order valence-electron chi connectivity index (χ3n) is 2.90. The molecule has 2 rings (SSSR count). The summed E-state index contributed by atoms with van der Waals surface area (Å²) in [5.41, 5.74) is -1.49. The van der Waals surface area contributed by atoms with Gasteiger partial charge in [-0.2, -0.15) is 13.2 Å². The predicted molar refractivity (Wildman–Crippen MR) is 64.7 cm³/mol. The van der Waals surface area contributed by atoms with Crippen molar-refractivity contribution in [1.29, 1.82) is 0 Å². The van der Waals surface area contributed by atoms with E-state index in [0.717, 1.165) is 12.6 Å². The highest BCUT2D eigenvalue weighted by Gasteiger charge is 2.34. The van der Waals surface area contributed by atoms with E-state index in [1.165, 1.54) is 0 Å². The van der Waals surface area contributed by atoms with Crippen LogP contribution >= 0.6 is 0 Å². The lowest BCUT2D eigenvalue weighted by Crippen LogP contribution is -2.54. The van der Waals surface area contributed by atoms with Gasteiger partial charge in [0.1, 0.15) is 5.82 Å². The average molecular weight is 291 g/mol. The van der Waals surface area contributed by atoms with Crippen molar-refractivity contribution in [2.45, 2.75) is 12.2 Å². The van der Waals surface area contributed by atoms with Crippen LogP contribution in [-0.4, -0.2) is 31.6 Å². The number of rotatable bonds is 2. The third kappa shape index (κ3) is 3.45. The normalized spacial score (nSPS) is 19.7. The first-order chi connectivity index (χ1) is 9.38. The van der Waals surface area contributed by atoms with E-state index in [-0.39, 0.29) is 5.69 Å². The number of nitrogens with one attached hydrogen (secondary N) is 3. The van der Waals surface area contributed by atoms with Gasteiger partial charge in [0.15, 0.2) is 0 Å².